The number of hydrogen-bond donors (Lipinski definition) is 1. The van der Waals surface area contributed by atoms with E-state index in [1.807, 2.05) is 0 Å². The molecule has 0 bridgehead atoms. The van der Waals surface area contributed by atoms with Gasteiger partial charge in [-0.1, -0.05) is 6.42 Å². The molecule has 2 aromatic heterocycles. The van der Waals surface area contributed by atoms with E-state index in [4.69, 9.17) is 5.73 Å². The van der Waals surface area contributed by atoms with Gasteiger partial charge in [0.1, 0.15) is 5.82 Å². The van der Waals surface area contributed by atoms with Crippen molar-refractivity contribution >= 4 is 11.5 Å². The number of rotatable bonds is 1. The summed E-state index contributed by atoms with van der Waals surface area (Å²) >= 11 is 0. The first kappa shape index (κ1) is 11.3. The second-order valence-electron chi connectivity index (χ2n) is 4.53. The summed E-state index contributed by atoms with van der Waals surface area (Å²) in [6, 6.07) is 2.54. The van der Waals surface area contributed by atoms with E-state index in [0.717, 1.165) is 31.0 Å². The quantitative estimate of drug-likeness (QED) is 0.853. The minimum absolute atomic E-state index is 0.157. The summed E-state index contributed by atoms with van der Waals surface area (Å²) in [5.41, 5.74) is 5.57. The van der Waals surface area contributed by atoms with Crippen molar-refractivity contribution in [2.24, 2.45) is 0 Å². The van der Waals surface area contributed by atoms with Gasteiger partial charge in [0.15, 0.2) is 11.3 Å². The number of anilines is 1. The van der Waals surface area contributed by atoms with Crippen molar-refractivity contribution < 1.29 is 13.2 Å². The van der Waals surface area contributed by atoms with Gasteiger partial charge in [-0.05, 0) is 12.8 Å². The zero-order valence-electron chi connectivity index (χ0n) is 9.41. The molecule has 1 aliphatic rings. The second kappa shape index (κ2) is 3.60. The minimum Gasteiger partial charge on any atom is -0.384 e. The third kappa shape index (κ3) is 1.70. The van der Waals surface area contributed by atoms with Crippen LogP contribution in [0.3, 0.4) is 0 Å². The van der Waals surface area contributed by atoms with Crippen molar-refractivity contribution in [3.05, 3.63) is 23.5 Å². The lowest BCUT2D eigenvalue weighted by molar-refractivity contribution is -0.141. The van der Waals surface area contributed by atoms with Crippen LogP contribution in [0.2, 0.25) is 0 Å². The Morgan fingerprint density at radius 2 is 2.00 bits per heavy atom. The molecule has 0 radical (unpaired) electrons. The van der Waals surface area contributed by atoms with Gasteiger partial charge in [0.05, 0.1) is 5.69 Å². The number of aromatic nitrogens is 3. The molecule has 1 saturated carbocycles. The highest BCUT2D eigenvalue weighted by Crippen LogP contribution is 2.37. The molecule has 2 N–H and O–H groups in total. The van der Waals surface area contributed by atoms with Crippen LogP contribution in [0.4, 0.5) is 19.0 Å². The van der Waals surface area contributed by atoms with Crippen LogP contribution in [0.1, 0.15) is 36.6 Å². The molecular formula is C11H11F3N4. The minimum atomic E-state index is -4.46. The fraction of sp³-hybridized carbons (Fsp3) is 0.455. The highest BCUT2D eigenvalue weighted by molar-refractivity contribution is 5.48. The molecule has 18 heavy (non-hydrogen) atoms. The Morgan fingerprint density at radius 3 is 2.56 bits per heavy atom. The molecule has 0 aromatic carbocycles. The van der Waals surface area contributed by atoms with E-state index in [9.17, 15) is 13.2 Å². The Bertz CT molecular complexity index is 598. The Kier molecular flexibility index (Phi) is 2.26. The molecule has 1 fully saturated rings. The van der Waals surface area contributed by atoms with Crippen LogP contribution < -0.4 is 5.73 Å². The summed E-state index contributed by atoms with van der Waals surface area (Å²) in [5, 5.41) is 3.60. The molecule has 2 aromatic rings. The maximum Gasteiger partial charge on any atom is 0.435 e. The van der Waals surface area contributed by atoms with E-state index >= 15 is 0 Å². The average Bonchev–Trinajstić information content (AvgIpc) is 2.57. The van der Waals surface area contributed by atoms with Crippen LogP contribution in [-0.4, -0.2) is 14.6 Å². The number of halogens is 3. The second-order valence-corrected chi connectivity index (χ2v) is 4.53. The Labute approximate surface area is 101 Å². The van der Waals surface area contributed by atoms with Crippen molar-refractivity contribution in [1.82, 2.24) is 14.6 Å². The van der Waals surface area contributed by atoms with E-state index in [1.54, 1.807) is 6.07 Å². The molecule has 0 aliphatic heterocycles. The fourth-order valence-electron chi connectivity index (χ4n) is 2.15. The number of nitrogens with zero attached hydrogens (tertiary/aromatic N) is 3. The first-order valence-electron chi connectivity index (χ1n) is 5.68. The fourth-order valence-corrected chi connectivity index (χ4v) is 2.15. The molecule has 0 saturated heterocycles. The zero-order chi connectivity index (χ0) is 12.9. The predicted molar refractivity (Wildman–Crippen MR) is 59.0 cm³/mol. The van der Waals surface area contributed by atoms with Crippen molar-refractivity contribution in [1.29, 1.82) is 0 Å². The monoisotopic (exact) mass is 256 g/mol. The molecule has 96 valence electrons. The van der Waals surface area contributed by atoms with E-state index in [0.29, 0.717) is 0 Å². The Balaban J connectivity index is 2.19. The maximum atomic E-state index is 12.6. The van der Waals surface area contributed by atoms with Crippen LogP contribution in [0, 0.1) is 0 Å². The molecule has 3 rings (SSSR count). The molecular weight excluding hydrogens is 245 g/mol. The summed E-state index contributed by atoms with van der Waals surface area (Å²) in [4.78, 5) is 3.89. The summed E-state index contributed by atoms with van der Waals surface area (Å²) in [6.07, 6.45) is -1.46. The van der Waals surface area contributed by atoms with E-state index in [-0.39, 0.29) is 17.4 Å². The average molecular weight is 256 g/mol. The van der Waals surface area contributed by atoms with Gasteiger partial charge < -0.3 is 5.73 Å². The molecule has 2 heterocycles. The lowest BCUT2D eigenvalue weighted by Gasteiger charge is -2.26. The number of alkyl halides is 3. The first-order valence-corrected chi connectivity index (χ1v) is 5.68. The topological polar surface area (TPSA) is 56.2 Å². The number of hydrogen-bond acceptors (Lipinski definition) is 3. The van der Waals surface area contributed by atoms with Gasteiger partial charge in [-0.3, -0.25) is 0 Å². The van der Waals surface area contributed by atoms with Crippen molar-refractivity contribution in [3.8, 4) is 0 Å². The highest BCUT2D eigenvalue weighted by atomic mass is 19.4. The Hall–Kier alpha value is -1.79. The van der Waals surface area contributed by atoms with Gasteiger partial charge in [0, 0.05) is 18.1 Å². The smallest absolute Gasteiger partial charge is 0.384 e. The van der Waals surface area contributed by atoms with E-state index in [1.165, 1.54) is 4.52 Å². The van der Waals surface area contributed by atoms with Crippen LogP contribution in [0.5, 0.6) is 0 Å². The Morgan fingerprint density at radius 1 is 1.28 bits per heavy atom. The molecule has 0 atom stereocenters. The molecule has 0 unspecified atom stereocenters. The molecule has 0 amide bonds. The number of nitrogens with two attached hydrogens (primary N) is 1. The van der Waals surface area contributed by atoms with Gasteiger partial charge in [-0.25, -0.2) is 9.50 Å². The van der Waals surface area contributed by atoms with Crippen LogP contribution in [-0.2, 0) is 6.18 Å². The largest absolute Gasteiger partial charge is 0.435 e. The van der Waals surface area contributed by atoms with Gasteiger partial charge >= 0.3 is 6.18 Å². The molecule has 1 aliphatic carbocycles. The van der Waals surface area contributed by atoms with E-state index < -0.39 is 11.9 Å². The van der Waals surface area contributed by atoms with Gasteiger partial charge in [0.25, 0.3) is 0 Å². The van der Waals surface area contributed by atoms with Crippen LogP contribution in [0.25, 0.3) is 5.65 Å². The highest BCUT2D eigenvalue weighted by Gasteiger charge is 2.35. The third-order valence-electron chi connectivity index (χ3n) is 3.29. The predicted octanol–water partition coefficient (Wildman–Crippen LogP) is 2.60. The SMILES string of the molecule is Nc1cc(C2CCC2)n2nc(C(F)(F)F)cc2n1. The summed E-state index contributed by atoms with van der Waals surface area (Å²) in [6.45, 7) is 0. The first-order chi connectivity index (χ1) is 8.45. The van der Waals surface area contributed by atoms with Gasteiger partial charge in [-0.15, -0.1) is 0 Å². The number of fused-ring (bicyclic) bond motifs is 1. The summed E-state index contributed by atoms with van der Waals surface area (Å²) in [7, 11) is 0. The zero-order valence-corrected chi connectivity index (χ0v) is 9.41. The standard InChI is InChI=1S/C11H11F3N4/c12-11(13,14)8-5-10-16-9(15)4-7(18(10)17-8)6-2-1-3-6/h4-6H,1-3H2,(H2,15,16). The molecule has 0 spiro atoms. The normalized spacial score (nSPS) is 17.1. The van der Waals surface area contributed by atoms with Gasteiger partial charge in [-0.2, -0.15) is 18.3 Å². The lowest BCUT2D eigenvalue weighted by Crippen LogP contribution is -2.15. The summed E-state index contributed by atoms with van der Waals surface area (Å²) < 4.78 is 39.1. The molecule has 4 nitrogen and oxygen atoms in total. The lowest BCUT2D eigenvalue weighted by atomic mass is 9.83. The third-order valence-corrected chi connectivity index (χ3v) is 3.29. The van der Waals surface area contributed by atoms with Crippen molar-refractivity contribution in [3.63, 3.8) is 0 Å². The van der Waals surface area contributed by atoms with Crippen LogP contribution >= 0.6 is 0 Å². The van der Waals surface area contributed by atoms with E-state index in [2.05, 4.69) is 10.1 Å². The van der Waals surface area contributed by atoms with Crippen LogP contribution in [0.15, 0.2) is 12.1 Å². The maximum absolute atomic E-state index is 12.6. The van der Waals surface area contributed by atoms with Gasteiger partial charge in [0.2, 0.25) is 0 Å². The van der Waals surface area contributed by atoms with Crippen molar-refractivity contribution in [2.45, 2.75) is 31.4 Å². The number of nitrogen functional groups attached to an aromatic ring is 1. The molecule has 7 heteroatoms. The summed E-state index contributed by atoms with van der Waals surface area (Å²) in [5.74, 6) is 0.469. The van der Waals surface area contributed by atoms with Crippen molar-refractivity contribution in [2.75, 3.05) is 5.73 Å².